The molecule has 0 fully saturated rings. The molecule has 0 saturated carbocycles. The molecule has 4 aromatic heterocycles. The molecular formula is C25H13N3O. The number of para-hydroxylation sites is 4. The van der Waals surface area contributed by atoms with Crippen molar-refractivity contribution in [3.05, 3.63) is 78.9 Å². The Bertz CT molecular complexity index is 1920. The van der Waals surface area contributed by atoms with E-state index in [4.69, 9.17) is 9.40 Å². The summed E-state index contributed by atoms with van der Waals surface area (Å²) in [6, 6.07) is 27.5. The molecule has 134 valence electrons. The Morgan fingerprint density at radius 2 is 1.41 bits per heavy atom. The average molecular weight is 371 g/mol. The molecule has 0 spiro atoms. The second-order valence-electron chi connectivity index (χ2n) is 7.71. The average Bonchev–Trinajstić information content (AvgIpc) is 3.47. The highest BCUT2D eigenvalue weighted by Crippen LogP contribution is 2.40. The van der Waals surface area contributed by atoms with Gasteiger partial charge in [0.25, 0.3) is 0 Å². The van der Waals surface area contributed by atoms with Crippen LogP contribution in [0.3, 0.4) is 0 Å². The van der Waals surface area contributed by atoms with Gasteiger partial charge in [-0.25, -0.2) is 4.98 Å². The SMILES string of the molecule is c1ccc2c(c1)nc1n2c2cccc3c4cc5oc6ccccc6c5cc4n1c32. The lowest BCUT2D eigenvalue weighted by molar-refractivity contribution is 0.669. The van der Waals surface area contributed by atoms with E-state index >= 15 is 0 Å². The van der Waals surface area contributed by atoms with Gasteiger partial charge in [0.2, 0.25) is 5.78 Å². The van der Waals surface area contributed by atoms with Crippen LogP contribution in [0.15, 0.2) is 83.3 Å². The monoisotopic (exact) mass is 371 g/mol. The molecule has 8 rings (SSSR count). The highest BCUT2D eigenvalue weighted by Gasteiger charge is 2.21. The fourth-order valence-electron chi connectivity index (χ4n) is 5.05. The van der Waals surface area contributed by atoms with Crippen LogP contribution in [0.2, 0.25) is 0 Å². The Morgan fingerprint density at radius 3 is 2.41 bits per heavy atom. The minimum Gasteiger partial charge on any atom is -0.456 e. The standard InChI is InChI=1S/C25H13N3O/c1-4-11-22-14(6-1)17-12-21-16(13-23(17)29-22)15-7-5-10-20-24(15)28(21)25-26-18-8-2-3-9-19(18)27(20)25/h1-13H. The summed E-state index contributed by atoms with van der Waals surface area (Å²) >= 11 is 0. The molecule has 29 heavy (non-hydrogen) atoms. The van der Waals surface area contributed by atoms with E-state index in [1.807, 2.05) is 18.2 Å². The first kappa shape index (κ1) is 14.0. The Kier molecular flexibility index (Phi) is 2.18. The van der Waals surface area contributed by atoms with Crippen molar-refractivity contribution >= 4 is 66.1 Å². The van der Waals surface area contributed by atoms with Gasteiger partial charge in [-0.05, 0) is 36.4 Å². The lowest BCUT2D eigenvalue weighted by Crippen LogP contribution is -1.84. The van der Waals surface area contributed by atoms with Gasteiger partial charge < -0.3 is 4.42 Å². The zero-order chi connectivity index (χ0) is 18.7. The molecular weight excluding hydrogens is 358 g/mol. The third kappa shape index (κ3) is 1.49. The molecule has 8 aromatic rings. The first-order chi connectivity index (χ1) is 14.4. The van der Waals surface area contributed by atoms with Gasteiger partial charge in [0.15, 0.2) is 0 Å². The first-order valence-electron chi connectivity index (χ1n) is 9.75. The Hall–Kier alpha value is -4.05. The fraction of sp³-hybridized carbons (Fsp3) is 0. The minimum atomic E-state index is 0.925. The van der Waals surface area contributed by atoms with E-state index < -0.39 is 0 Å². The van der Waals surface area contributed by atoms with Crippen LogP contribution in [0.25, 0.3) is 66.1 Å². The van der Waals surface area contributed by atoms with Gasteiger partial charge in [0.1, 0.15) is 11.2 Å². The first-order valence-corrected chi connectivity index (χ1v) is 9.75. The molecule has 0 bridgehead atoms. The lowest BCUT2D eigenvalue weighted by Gasteiger charge is -1.96. The number of benzene rings is 4. The second-order valence-corrected chi connectivity index (χ2v) is 7.71. The number of nitrogens with zero attached hydrogens (tertiary/aromatic N) is 3. The van der Waals surface area contributed by atoms with Crippen LogP contribution < -0.4 is 0 Å². The zero-order valence-corrected chi connectivity index (χ0v) is 15.3. The minimum absolute atomic E-state index is 0.925. The fourth-order valence-corrected chi connectivity index (χ4v) is 5.05. The summed E-state index contributed by atoms with van der Waals surface area (Å²) in [5, 5.41) is 4.72. The predicted molar refractivity (Wildman–Crippen MR) is 117 cm³/mol. The maximum atomic E-state index is 6.15. The number of imidazole rings is 2. The third-order valence-electron chi connectivity index (χ3n) is 6.25. The largest absolute Gasteiger partial charge is 0.456 e. The van der Waals surface area contributed by atoms with Gasteiger partial charge in [-0.3, -0.25) is 8.80 Å². The maximum Gasteiger partial charge on any atom is 0.220 e. The molecule has 0 amide bonds. The Labute approximate surface area is 163 Å². The van der Waals surface area contributed by atoms with Crippen LogP contribution in [0.5, 0.6) is 0 Å². The number of rotatable bonds is 0. The second kappa shape index (κ2) is 4.50. The van der Waals surface area contributed by atoms with Crippen LogP contribution in [-0.4, -0.2) is 13.8 Å². The summed E-state index contributed by atoms with van der Waals surface area (Å²) in [6.07, 6.45) is 0. The molecule has 4 heterocycles. The van der Waals surface area contributed by atoms with E-state index in [2.05, 4.69) is 69.5 Å². The smallest absolute Gasteiger partial charge is 0.220 e. The van der Waals surface area contributed by atoms with Crippen molar-refractivity contribution in [2.45, 2.75) is 0 Å². The summed E-state index contributed by atoms with van der Waals surface area (Å²) in [7, 11) is 0. The van der Waals surface area contributed by atoms with E-state index in [-0.39, 0.29) is 0 Å². The van der Waals surface area contributed by atoms with Crippen molar-refractivity contribution in [3.63, 3.8) is 0 Å². The molecule has 4 aromatic carbocycles. The molecule has 0 radical (unpaired) electrons. The van der Waals surface area contributed by atoms with Crippen LogP contribution in [0.4, 0.5) is 0 Å². The van der Waals surface area contributed by atoms with Gasteiger partial charge in [0, 0.05) is 21.5 Å². The zero-order valence-electron chi connectivity index (χ0n) is 15.3. The molecule has 0 aliphatic carbocycles. The van der Waals surface area contributed by atoms with Crippen LogP contribution in [0, 0.1) is 0 Å². The van der Waals surface area contributed by atoms with Crippen molar-refractivity contribution in [1.82, 2.24) is 13.8 Å². The molecule has 4 heteroatoms. The van der Waals surface area contributed by atoms with Crippen molar-refractivity contribution in [2.75, 3.05) is 0 Å². The molecule has 0 unspecified atom stereocenters. The molecule has 0 atom stereocenters. The normalized spacial score (nSPS) is 12.8. The highest BCUT2D eigenvalue weighted by atomic mass is 16.3. The summed E-state index contributed by atoms with van der Waals surface area (Å²) in [6.45, 7) is 0. The number of fused-ring (bicyclic) bond motifs is 11. The number of aromatic nitrogens is 3. The van der Waals surface area contributed by atoms with Crippen molar-refractivity contribution in [2.24, 2.45) is 0 Å². The van der Waals surface area contributed by atoms with Crippen molar-refractivity contribution in [1.29, 1.82) is 0 Å². The molecule has 0 N–H and O–H groups in total. The van der Waals surface area contributed by atoms with E-state index in [1.165, 1.54) is 27.3 Å². The Balaban J connectivity index is 1.71. The lowest BCUT2D eigenvalue weighted by atomic mass is 10.1. The van der Waals surface area contributed by atoms with Gasteiger partial charge in [-0.15, -0.1) is 0 Å². The summed E-state index contributed by atoms with van der Waals surface area (Å²) in [4.78, 5) is 4.99. The Morgan fingerprint density at radius 1 is 0.586 bits per heavy atom. The van der Waals surface area contributed by atoms with Crippen LogP contribution >= 0.6 is 0 Å². The van der Waals surface area contributed by atoms with Crippen LogP contribution in [-0.2, 0) is 0 Å². The maximum absolute atomic E-state index is 6.15. The van der Waals surface area contributed by atoms with Gasteiger partial charge in [-0.1, -0.05) is 42.5 Å². The quantitative estimate of drug-likeness (QED) is 0.310. The molecule has 0 aliphatic heterocycles. The van der Waals surface area contributed by atoms with E-state index in [1.54, 1.807) is 0 Å². The summed E-state index contributed by atoms with van der Waals surface area (Å²) in [5.74, 6) is 0.958. The van der Waals surface area contributed by atoms with Crippen molar-refractivity contribution < 1.29 is 4.42 Å². The number of furan rings is 1. The summed E-state index contributed by atoms with van der Waals surface area (Å²) in [5.41, 5.74) is 7.58. The van der Waals surface area contributed by atoms with Gasteiger partial charge in [0.05, 0.1) is 27.6 Å². The van der Waals surface area contributed by atoms with E-state index in [0.29, 0.717) is 0 Å². The van der Waals surface area contributed by atoms with Crippen LogP contribution in [0.1, 0.15) is 0 Å². The van der Waals surface area contributed by atoms with E-state index in [9.17, 15) is 0 Å². The van der Waals surface area contributed by atoms with Gasteiger partial charge >= 0.3 is 0 Å². The van der Waals surface area contributed by atoms with Gasteiger partial charge in [-0.2, -0.15) is 0 Å². The number of hydrogen-bond acceptors (Lipinski definition) is 2. The van der Waals surface area contributed by atoms with Crippen molar-refractivity contribution in [3.8, 4) is 0 Å². The molecule has 0 saturated heterocycles. The number of hydrogen-bond donors (Lipinski definition) is 0. The van der Waals surface area contributed by atoms with E-state index in [0.717, 1.165) is 38.7 Å². The topological polar surface area (TPSA) is 34.9 Å². The highest BCUT2D eigenvalue weighted by molar-refractivity contribution is 6.20. The summed E-state index contributed by atoms with van der Waals surface area (Å²) < 4.78 is 10.7. The molecule has 4 nitrogen and oxygen atoms in total. The predicted octanol–water partition coefficient (Wildman–Crippen LogP) is 6.38. The molecule has 0 aliphatic rings. The third-order valence-corrected chi connectivity index (χ3v) is 6.25.